The molecule has 3 aromatic carbocycles. The Hall–Kier alpha value is -3.05. The molecule has 0 saturated carbocycles. The summed E-state index contributed by atoms with van der Waals surface area (Å²) in [5.41, 5.74) is -6.00. The number of Topliss-reactive ketones (excluding diaryl/α,β-unsaturated/α-hetero) is 1. The van der Waals surface area contributed by atoms with Crippen LogP contribution >= 0.6 is 11.6 Å². The molecule has 0 aliphatic carbocycles. The third-order valence-corrected chi connectivity index (χ3v) is 5.90. The molecule has 0 saturated heterocycles. The molecule has 4 nitrogen and oxygen atoms in total. The number of hydrogen-bond donors (Lipinski definition) is 0. The number of carbonyl (C=O) groups excluding carboxylic acids is 1. The Balaban J connectivity index is 1.99. The molecule has 0 spiro atoms. The van der Waals surface area contributed by atoms with E-state index in [2.05, 4.69) is 4.18 Å². The Morgan fingerprint density at radius 3 is 1.68 bits per heavy atom. The molecule has 0 N–H and O–H groups in total. The molecule has 34 heavy (non-hydrogen) atoms. The molecule has 1 atom stereocenters. The van der Waals surface area contributed by atoms with Gasteiger partial charge in [-0.15, -0.1) is 0 Å². The van der Waals surface area contributed by atoms with Crippen LogP contribution in [0.3, 0.4) is 0 Å². The molecule has 0 amide bonds. The number of ketones is 1. The Bertz CT molecular complexity index is 1270. The smallest absolute Gasteiger partial charge is 0.376 e. The molecule has 0 aromatic heterocycles. The predicted molar refractivity (Wildman–Crippen MR) is 111 cm³/mol. The molecule has 0 radical (unpaired) electrons. The molecule has 3 rings (SSSR count). The molecule has 1 unspecified atom stereocenters. The zero-order valence-electron chi connectivity index (χ0n) is 16.7. The molecule has 0 aliphatic heterocycles. The molecule has 0 bridgehead atoms. The Kier molecular flexibility index (Phi) is 6.99. The zero-order chi connectivity index (χ0) is 25.3. The molecule has 12 heteroatoms. The van der Waals surface area contributed by atoms with Gasteiger partial charge in [0.25, 0.3) is 0 Å². The fraction of sp³-hybridized carbons (Fsp3) is 0.136. The largest absolute Gasteiger partial charge is 0.534 e. The molecular formula is C22H13ClF6O4S. The van der Waals surface area contributed by atoms with E-state index in [1.165, 1.54) is 36.4 Å². The summed E-state index contributed by atoms with van der Waals surface area (Å²) < 4.78 is 103. The van der Waals surface area contributed by atoms with E-state index in [-0.39, 0.29) is 11.1 Å². The summed E-state index contributed by atoms with van der Waals surface area (Å²) in [6.45, 7) is 0. The van der Waals surface area contributed by atoms with Gasteiger partial charge < -0.3 is 4.18 Å². The third kappa shape index (κ3) is 5.71. The van der Waals surface area contributed by atoms with Gasteiger partial charge >= 0.3 is 21.8 Å². The average molecular weight is 523 g/mol. The third-order valence-electron chi connectivity index (χ3n) is 4.67. The fourth-order valence-electron chi connectivity index (χ4n) is 3.03. The maximum absolute atomic E-state index is 13.2. The minimum Gasteiger partial charge on any atom is -0.376 e. The lowest BCUT2D eigenvalue weighted by Crippen LogP contribution is -2.28. The topological polar surface area (TPSA) is 60.4 Å². The van der Waals surface area contributed by atoms with E-state index in [1.807, 2.05) is 0 Å². The predicted octanol–water partition coefficient (Wildman–Crippen LogP) is 6.60. The van der Waals surface area contributed by atoms with Crippen LogP contribution in [0.1, 0.15) is 33.0 Å². The first-order valence-electron chi connectivity index (χ1n) is 9.27. The minimum absolute atomic E-state index is 0.0482. The molecule has 0 aliphatic rings. The monoisotopic (exact) mass is 522 g/mol. The number of benzene rings is 3. The Morgan fingerprint density at radius 1 is 0.765 bits per heavy atom. The summed E-state index contributed by atoms with van der Waals surface area (Å²) in [5, 5.41) is 0.352. The van der Waals surface area contributed by atoms with E-state index >= 15 is 0 Å². The van der Waals surface area contributed by atoms with Crippen LogP contribution in [0.15, 0.2) is 72.8 Å². The maximum atomic E-state index is 13.2. The summed E-state index contributed by atoms with van der Waals surface area (Å²) in [4.78, 5) is 13.2. The van der Waals surface area contributed by atoms with Crippen molar-refractivity contribution >= 4 is 27.5 Å². The number of halogens is 7. The zero-order valence-corrected chi connectivity index (χ0v) is 18.3. The first-order valence-corrected chi connectivity index (χ1v) is 11.1. The molecule has 3 aromatic rings. The lowest BCUT2D eigenvalue weighted by molar-refractivity contribution is -0.137. The lowest BCUT2D eigenvalue weighted by Gasteiger charge is -2.18. The van der Waals surface area contributed by atoms with Crippen LogP contribution in [0.5, 0.6) is 5.75 Å². The molecule has 0 heterocycles. The van der Waals surface area contributed by atoms with Crippen molar-refractivity contribution in [2.75, 3.05) is 0 Å². The maximum Gasteiger partial charge on any atom is 0.534 e. The van der Waals surface area contributed by atoms with Gasteiger partial charge in [-0.1, -0.05) is 48.0 Å². The van der Waals surface area contributed by atoms with Gasteiger partial charge in [-0.2, -0.15) is 34.8 Å². The second kappa shape index (κ2) is 9.30. The minimum atomic E-state index is -5.89. The van der Waals surface area contributed by atoms with E-state index in [0.717, 1.165) is 36.4 Å². The fourth-order valence-corrected chi connectivity index (χ4v) is 3.62. The van der Waals surface area contributed by atoms with E-state index in [0.29, 0.717) is 10.6 Å². The van der Waals surface area contributed by atoms with Crippen molar-refractivity contribution in [1.29, 1.82) is 0 Å². The highest BCUT2D eigenvalue weighted by molar-refractivity contribution is 7.88. The van der Waals surface area contributed by atoms with Gasteiger partial charge in [-0.3, -0.25) is 4.79 Å². The van der Waals surface area contributed by atoms with Gasteiger partial charge in [0.15, 0.2) is 5.78 Å². The second-order valence-electron chi connectivity index (χ2n) is 6.98. The first kappa shape index (κ1) is 25.6. The quantitative estimate of drug-likeness (QED) is 0.158. The van der Waals surface area contributed by atoms with Crippen molar-refractivity contribution in [1.82, 2.24) is 0 Å². The highest BCUT2D eigenvalue weighted by Crippen LogP contribution is 2.34. The highest BCUT2D eigenvalue weighted by Gasteiger charge is 2.48. The van der Waals surface area contributed by atoms with Crippen molar-refractivity contribution in [3.63, 3.8) is 0 Å². The lowest BCUT2D eigenvalue weighted by atomic mass is 9.84. The first-order chi connectivity index (χ1) is 15.7. The van der Waals surface area contributed by atoms with Crippen LogP contribution in [0.2, 0.25) is 5.02 Å². The van der Waals surface area contributed by atoms with Gasteiger partial charge in [0.05, 0.1) is 11.5 Å². The number of carbonyl (C=O) groups is 1. The summed E-state index contributed by atoms with van der Waals surface area (Å²) in [7, 11) is -5.89. The highest BCUT2D eigenvalue weighted by atomic mass is 35.5. The van der Waals surface area contributed by atoms with E-state index in [1.54, 1.807) is 0 Å². The molecule has 180 valence electrons. The molecule has 0 fully saturated rings. The second-order valence-corrected chi connectivity index (χ2v) is 8.95. The summed E-state index contributed by atoms with van der Waals surface area (Å²) in [6, 6.07) is 13.8. The average Bonchev–Trinajstić information content (AvgIpc) is 2.75. The van der Waals surface area contributed by atoms with Crippen LogP contribution in [-0.4, -0.2) is 19.7 Å². The van der Waals surface area contributed by atoms with Crippen LogP contribution in [-0.2, 0) is 16.3 Å². The van der Waals surface area contributed by atoms with Crippen molar-refractivity contribution < 1.29 is 43.7 Å². The molecular weight excluding hydrogens is 510 g/mol. The van der Waals surface area contributed by atoms with Crippen molar-refractivity contribution in [2.24, 2.45) is 0 Å². The van der Waals surface area contributed by atoms with Crippen molar-refractivity contribution in [3.05, 3.63) is 100 Å². The van der Waals surface area contributed by atoms with Gasteiger partial charge in [-0.25, -0.2) is 0 Å². The van der Waals surface area contributed by atoms with Gasteiger partial charge in [0.2, 0.25) is 0 Å². The van der Waals surface area contributed by atoms with E-state index in [9.17, 15) is 39.6 Å². The Labute approximate surface area is 194 Å². The number of hydrogen-bond acceptors (Lipinski definition) is 4. The van der Waals surface area contributed by atoms with E-state index < -0.39 is 44.8 Å². The summed E-state index contributed by atoms with van der Waals surface area (Å²) in [5.74, 6) is -2.33. The SMILES string of the molecule is O=C(c1ccc(C(F)(F)F)cc1)C(c1ccc(Cl)cc1)c1ccc(OS(=O)(=O)C(F)(F)F)cc1. The van der Waals surface area contributed by atoms with Crippen LogP contribution in [0.25, 0.3) is 0 Å². The standard InChI is InChI=1S/C22H13ClF6O4S/c23-17-9-3-13(4-10-17)19(20(30)15-1-7-16(8-2-15)21(24,25)26)14-5-11-18(12-6-14)33-34(31,32)22(27,28)29/h1-12,19H. The normalized spacial score (nSPS) is 13.4. The van der Waals surface area contributed by atoms with E-state index in [4.69, 9.17) is 11.6 Å². The van der Waals surface area contributed by atoms with Crippen molar-refractivity contribution in [2.45, 2.75) is 17.6 Å². The van der Waals surface area contributed by atoms with Crippen molar-refractivity contribution in [3.8, 4) is 5.75 Å². The number of alkyl halides is 6. The van der Waals surface area contributed by atoms with Gasteiger partial charge in [0.1, 0.15) is 5.75 Å². The summed E-state index contributed by atoms with van der Waals surface area (Å²) >= 11 is 5.88. The van der Waals surface area contributed by atoms with Gasteiger partial charge in [-0.05, 0) is 47.5 Å². The Morgan fingerprint density at radius 2 is 1.24 bits per heavy atom. The summed E-state index contributed by atoms with van der Waals surface area (Å²) in [6.07, 6.45) is -4.59. The van der Waals surface area contributed by atoms with Crippen LogP contribution in [0.4, 0.5) is 26.3 Å². The number of rotatable bonds is 6. The van der Waals surface area contributed by atoms with Crippen LogP contribution < -0.4 is 4.18 Å². The van der Waals surface area contributed by atoms with Gasteiger partial charge in [0, 0.05) is 10.6 Å². The van der Waals surface area contributed by atoms with Crippen LogP contribution in [0, 0.1) is 0 Å².